The minimum atomic E-state index is -0.0703. The van der Waals surface area contributed by atoms with E-state index in [0.29, 0.717) is 0 Å². The summed E-state index contributed by atoms with van der Waals surface area (Å²) in [5.41, 5.74) is 0. The van der Waals surface area contributed by atoms with Crippen LogP contribution in [0.15, 0.2) is 12.7 Å². The number of aliphatic hydroxyl groups is 1. The van der Waals surface area contributed by atoms with E-state index in [1.807, 2.05) is 6.92 Å². The Labute approximate surface area is 72.7 Å². The van der Waals surface area contributed by atoms with E-state index in [2.05, 4.69) is 6.58 Å². The zero-order valence-corrected chi connectivity index (χ0v) is 7.36. The maximum Gasteiger partial charge on any atom is 0.246 e. The van der Waals surface area contributed by atoms with Crippen LogP contribution in [0, 0.1) is 0 Å². The van der Waals surface area contributed by atoms with Crippen LogP contribution in [0.1, 0.15) is 19.8 Å². The lowest BCUT2D eigenvalue weighted by Crippen LogP contribution is -2.40. The van der Waals surface area contributed by atoms with E-state index >= 15 is 0 Å². The van der Waals surface area contributed by atoms with Crippen molar-refractivity contribution in [3.63, 3.8) is 0 Å². The molecule has 0 saturated carbocycles. The maximum absolute atomic E-state index is 11.3. The number of nitrogens with zero attached hydrogens (tertiary/aromatic N) is 1. The zero-order chi connectivity index (χ0) is 9.14. The highest BCUT2D eigenvalue weighted by molar-refractivity contribution is 5.87. The molecular formula is C9H15NO2. The Hall–Kier alpha value is -0.830. The van der Waals surface area contributed by atoms with Gasteiger partial charge in [0.2, 0.25) is 5.91 Å². The lowest BCUT2D eigenvalue weighted by molar-refractivity contribution is -0.129. The maximum atomic E-state index is 11.3. The van der Waals surface area contributed by atoms with Gasteiger partial charge >= 0.3 is 0 Å². The van der Waals surface area contributed by atoms with Crippen molar-refractivity contribution in [2.45, 2.75) is 31.8 Å². The molecule has 0 aromatic carbocycles. The van der Waals surface area contributed by atoms with Gasteiger partial charge in [0.1, 0.15) is 0 Å². The molecule has 0 unspecified atom stereocenters. The first-order chi connectivity index (χ1) is 5.70. The highest BCUT2D eigenvalue weighted by atomic mass is 16.3. The SMILES string of the molecule is C=CC(=O)N1[C@@H](CO)CC[C@H]1C. The van der Waals surface area contributed by atoms with E-state index < -0.39 is 0 Å². The highest BCUT2D eigenvalue weighted by Gasteiger charge is 2.32. The number of carbonyl (C=O) groups is 1. The summed E-state index contributed by atoms with van der Waals surface area (Å²) >= 11 is 0. The van der Waals surface area contributed by atoms with Crippen LogP contribution >= 0.6 is 0 Å². The van der Waals surface area contributed by atoms with Gasteiger partial charge in [0.25, 0.3) is 0 Å². The number of amides is 1. The number of rotatable bonds is 2. The Morgan fingerprint density at radius 1 is 1.75 bits per heavy atom. The Bertz CT molecular complexity index is 191. The van der Waals surface area contributed by atoms with Crippen LogP contribution in [0.3, 0.4) is 0 Å². The van der Waals surface area contributed by atoms with Crippen LogP contribution in [-0.2, 0) is 4.79 Å². The molecule has 1 saturated heterocycles. The molecule has 2 atom stereocenters. The number of carbonyl (C=O) groups excluding carboxylic acids is 1. The Morgan fingerprint density at radius 2 is 2.42 bits per heavy atom. The normalized spacial score (nSPS) is 29.0. The smallest absolute Gasteiger partial charge is 0.246 e. The van der Waals surface area contributed by atoms with E-state index in [1.54, 1.807) is 4.90 Å². The number of hydrogen-bond donors (Lipinski definition) is 1. The van der Waals surface area contributed by atoms with E-state index in [-0.39, 0.29) is 24.6 Å². The third kappa shape index (κ3) is 1.50. The van der Waals surface area contributed by atoms with Crippen molar-refractivity contribution < 1.29 is 9.90 Å². The fraction of sp³-hybridized carbons (Fsp3) is 0.667. The van der Waals surface area contributed by atoms with Crippen molar-refractivity contribution in [3.8, 4) is 0 Å². The summed E-state index contributed by atoms with van der Waals surface area (Å²) in [6, 6.07) is 0.248. The monoisotopic (exact) mass is 169 g/mol. The van der Waals surface area contributed by atoms with Crippen LogP contribution in [0.4, 0.5) is 0 Å². The molecule has 0 aromatic rings. The molecule has 1 fully saturated rings. The summed E-state index contributed by atoms with van der Waals surface area (Å²) in [7, 11) is 0. The summed E-state index contributed by atoms with van der Waals surface area (Å²) in [6.45, 7) is 5.49. The molecule has 0 aromatic heterocycles. The standard InChI is InChI=1S/C9H15NO2/c1-3-9(12)10-7(2)4-5-8(10)6-11/h3,7-8,11H,1,4-6H2,2H3/t7-,8-/m1/s1. The van der Waals surface area contributed by atoms with E-state index in [0.717, 1.165) is 12.8 Å². The predicted octanol–water partition coefficient (Wildman–Crippen LogP) is 0.544. The molecule has 1 amide bonds. The summed E-state index contributed by atoms with van der Waals surface area (Å²) in [5, 5.41) is 8.97. The first-order valence-electron chi connectivity index (χ1n) is 4.26. The van der Waals surface area contributed by atoms with Gasteiger partial charge in [-0.3, -0.25) is 4.79 Å². The molecular weight excluding hydrogens is 154 g/mol. The molecule has 0 bridgehead atoms. The van der Waals surface area contributed by atoms with Gasteiger partial charge in [-0.15, -0.1) is 0 Å². The molecule has 1 aliphatic heterocycles. The van der Waals surface area contributed by atoms with Gasteiger partial charge in [-0.05, 0) is 25.8 Å². The van der Waals surface area contributed by atoms with Gasteiger partial charge in [-0.2, -0.15) is 0 Å². The van der Waals surface area contributed by atoms with Gasteiger partial charge in [0.15, 0.2) is 0 Å². The zero-order valence-electron chi connectivity index (χ0n) is 7.36. The molecule has 3 heteroatoms. The van der Waals surface area contributed by atoms with Crippen molar-refractivity contribution in [2.75, 3.05) is 6.61 Å². The van der Waals surface area contributed by atoms with Gasteiger partial charge < -0.3 is 10.0 Å². The summed E-state index contributed by atoms with van der Waals surface area (Å²) in [4.78, 5) is 13.0. The quantitative estimate of drug-likeness (QED) is 0.613. The molecule has 3 nitrogen and oxygen atoms in total. The minimum absolute atomic E-state index is 0.00509. The van der Waals surface area contributed by atoms with Crippen LogP contribution in [-0.4, -0.2) is 34.6 Å². The molecule has 1 rings (SSSR count). The number of hydrogen-bond acceptors (Lipinski definition) is 2. The van der Waals surface area contributed by atoms with Gasteiger partial charge in [-0.1, -0.05) is 6.58 Å². The molecule has 1 N–H and O–H groups in total. The molecule has 12 heavy (non-hydrogen) atoms. The Kier molecular flexibility index (Phi) is 2.87. The average molecular weight is 169 g/mol. The lowest BCUT2D eigenvalue weighted by atomic mass is 10.2. The third-order valence-corrected chi connectivity index (χ3v) is 2.43. The van der Waals surface area contributed by atoms with E-state index in [9.17, 15) is 4.79 Å². The second-order valence-corrected chi connectivity index (χ2v) is 3.21. The summed E-state index contributed by atoms with van der Waals surface area (Å²) < 4.78 is 0. The predicted molar refractivity (Wildman–Crippen MR) is 46.6 cm³/mol. The van der Waals surface area contributed by atoms with Crippen LogP contribution < -0.4 is 0 Å². The molecule has 1 heterocycles. The second kappa shape index (κ2) is 3.72. The fourth-order valence-corrected chi connectivity index (χ4v) is 1.75. The molecule has 0 radical (unpaired) electrons. The van der Waals surface area contributed by atoms with Gasteiger partial charge in [0, 0.05) is 6.04 Å². The molecule has 1 aliphatic rings. The molecule has 68 valence electrons. The van der Waals surface area contributed by atoms with Crippen LogP contribution in [0.25, 0.3) is 0 Å². The summed E-state index contributed by atoms with van der Waals surface area (Å²) in [5.74, 6) is -0.0703. The first-order valence-corrected chi connectivity index (χ1v) is 4.26. The molecule has 0 spiro atoms. The Morgan fingerprint density at radius 3 is 2.92 bits per heavy atom. The fourth-order valence-electron chi connectivity index (χ4n) is 1.75. The second-order valence-electron chi connectivity index (χ2n) is 3.21. The van der Waals surface area contributed by atoms with Gasteiger partial charge in [-0.25, -0.2) is 0 Å². The average Bonchev–Trinajstić information content (AvgIpc) is 2.45. The number of likely N-dealkylation sites (tertiary alicyclic amines) is 1. The van der Waals surface area contributed by atoms with Crippen molar-refractivity contribution in [2.24, 2.45) is 0 Å². The number of aliphatic hydroxyl groups excluding tert-OH is 1. The third-order valence-electron chi connectivity index (χ3n) is 2.43. The van der Waals surface area contributed by atoms with Gasteiger partial charge in [0.05, 0.1) is 12.6 Å². The van der Waals surface area contributed by atoms with Crippen molar-refractivity contribution in [3.05, 3.63) is 12.7 Å². The summed E-state index contributed by atoms with van der Waals surface area (Å²) in [6.07, 6.45) is 3.19. The van der Waals surface area contributed by atoms with Crippen molar-refractivity contribution in [1.82, 2.24) is 4.90 Å². The van der Waals surface area contributed by atoms with Crippen LogP contribution in [0.2, 0.25) is 0 Å². The van der Waals surface area contributed by atoms with Crippen molar-refractivity contribution in [1.29, 1.82) is 0 Å². The van der Waals surface area contributed by atoms with E-state index in [1.165, 1.54) is 6.08 Å². The minimum Gasteiger partial charge on any atom is -0.394 e. The topological polar surface area (TPSA) is 40.5 Å². The lowest BCUT2D eigenvalue weighted by Gasteiger charge is -2.25. The first kappa shape index (κ1) is 9.26. The highest BCUT2D eigenvalue weighted by Crippen LogP contribution is 2.23. The van der Waals surface area contributed by atoms with Crippen LogP contribution in [0.5, 0.6) is 0 Å². The molecule has 0 aliphatic carbocycles. The largest absolute Gasteiger partial charge is 0.394 e. The van der Waals surface area contributed by atoms with Crippen molar-refractivity contribution >= 4 is 5.91 Å². The van der Waals surface area contributed by atoms with E-state index in [4.69, 9.17) is 5.11 Å². The Balaban J connectivity index is 2.69.